The van der Waals surface area contributed by atoms with Crippen LogP contribution in [0.5, 0.6) is 5.75 Å². The first-order valence-corrected chi connectivity index (χ1v) is 10.8. The highest BCUT2D eigenvalue weighted by Gasteiger charge is 2.26. The SMILES string of the molecule is COc1ccc(-c2nc(C(=O)Nc3ccc4c(c3)S(=O)(=O)CC4)cs2)cc1. The molecule has 0 radical (unpaired) electrons. The Kier molecular flexibility index (Phi) is 4.45. The van der Waals surface area contributed by atoms with Crippen molar-refractivity contribution >= 4 is 32.8 Å². The van der Waals surface area contributed by atoms with Crippen molar-refractivity contribution in [2.45, 2.75) is 11.3 Å². The van der Waals surface area contributed by atoms with Crippen molar-refractivity contribution in [3.05, 3.63) is 59.1 Å². The maximum atomic E-state index is 12.5. The van der Waals surface area contributed by atoms with E-state index >= 15 is 0 Å². The second-order valence-electron chi connectivity index (χ2n) is 6.11. The highest BCUT2D eigenvalue weighted by atomic mass is 32.2. The van der Waals surface area contributed by atoms with Gasteiger partial charge in [-0.05, 0) is 48.4 Å². The van der Waals surface area contributed by atoms with Gasteiger partial charge in [0.15, 0.2) is 9.84 Å². The Morgan fingerprint density at radius 3 is 2.70 bits per heavy atom. The number of amides is 1. The standard InChI is InChI=1S/C19H16N2O4S2/c1-25-15-6-3-13(4-7-15)19-21-16(11-26-19)18(22)20-14-5-2-12-8-9-27(23,24)17(12)10-14/h2-7,10-11H,8-9H2,1H3,(H,20,22). The summed E-state index contributed by atoms with van der Waals surface area (Å²) in [6, 6.07) is 12.4. The van der Waals surface area contributed by atoms with Crippen molar-refractivity contribution in [1.82, 2.24) is 4.98 Å². The smallest absolute Gasteiger partial charge is 0.275 e. The molecule has 4 rings (SSSR count). The molecule has 0 saturated heterocycles. The number of hydrogen-bond donors (Lipinski definition) is 1. The van der Waals surface area contributed by atoms with Crippen LogP contribution in [0.25, 0.3) is 10.6 Å². The van der Waals surface area contributed by atoms with Gasteiger partial charge in [-0.25, -0.2) is 13.4 Å². The van der Waals surface area contributed by atoms with Gasteiger partial charge in [0.25, 0.3) is 5.91 Å². The quantitative estimate of drug-likeness (QED) is 0.725. The lowest BCUT2D eigenvalue weighted by Crippen LogP contribution is -2.12. The Hall–Kier alpha value is -2.71. The summed E-state index contributed by atoms with van der Waals surface area (Å²) in [7, 11) is -1.64. The molecule has 1 N–H and O–H groups in total. The zero-order valence-electron chi connectivity index (χ0n) is 14.4. The molecule has 0 bridgehead atoms. The molecular weight excluding hydrogens is 384 g/mol. The van der Waals surface area contributed by atoms with Gasteiger partial charge >= 0.3 is 0 Å². The van der Waals surface area contributed by atoms with Crippen molar-refractivity contribution in [3.63, 3.8) is 0 Å². The van der Waals surface area contributed by atoms with E-state index in [0.717, 1.165) is 21.9 Å². The van der Waals surface area contributed by atoms with Gasteiger partial charge in [0.05, 0.1) is 17.8 Å². The molecule has 0 spiro atoms. The summed E-state index contributed by atoms with van der Waals surface area (Å²) in [4.78, 5) is 17.2. The predicted molar refractivity (Wildman–Crippen MR) is 104 cm³/mol. The molecule has 3 aromatic rings. The average Bonchev–Trinajstić information content (AvgIpc) is 3.27. The monoisotopic (exact) mass is 400 g/mol. The summed E-state index contributed by atoms with van der Waals surface area (Å²) in [6.07, 6.45) is 0.517. The fraction of sp³-hybridized carbons (Fsp3) is 0.158. The number of carbonyl (C=O) groups excluding carboxylic acids is 1. The maximum absolute atomic E-state index is 12.5. The number of rotatable bonds is 4. The van der Waals surface area contributed by atoms with Gasteiger partial charge in [0, 0.05) is 16.6 Å². The highest BCUT2D eigenvalue weighted by molar-refractivity contribution is 7.91. The fourth-order valence-electron chi connectivity index (χ4n) is 2.92. The van der Waals surface area contributed by atoms with Crippen molar-refractivity contribution in [2.75, 3.05) is 18.2 Å². The van der Waals surface area contributed by atoms with Crippen molar-refractivity contribution in [1.29, 1.82) is 0 Å². The number of anilines is 1. The third kappa shape index (κ3) is 3.45. The van der Waals surface area contributed by atoms with Crippen LogP contribution in [-0.4, -0.2) is 32.2 Å². The maximum Gasteiger partial charge on any atom is 0.275 e. The number of carbonyl (C=O) groups is 1. The molecule has 0 saturated carbocycles. The number of thiazole rings is 1. The number of nitrogens with one attached hydrogen (secondary N) is 1. The largest absolute Gasteiger partial charge is 0.497 e. The van der Waals surface area contributed by atoms with Gasteiger partial charge < -0.3 is 10.1 Å². The number of aromatic nitrogens is 1. The van der Waals surface area contributed by atoms with Crippen LogP contribution >= 0.6 is 11.3 Å². The van der Waals surface area contributed by atoms with Crippen molar-refractivity contribution in [3.8, 4) is 16.3 Å². The summed E-state index contributed by atoms with van der Waals surface area (Å²) in [6.45, 7) is 0. The van der Waals surface area contributed by atoms with E-state index in [-0.39, 0.29) is 17.4 Å². The molecular formula is C19H16N2O4S2. The predicted octanol–water partition coefficient (Wildman–Crippen LogP) is 3.40. The third-order valence-electron chi connectivity index (χ3n) is 4.37. The molecule has 0 unspecified atom stereocenters. The van der Waals surface area contributed by atoms with Gasteiger partial charge in [-0.1, -0.05) is 6.07 Å². The highest BCUT2D eigenvalue weighted by Crippen LogP contribution is 2.29. The van der Waals surface area contributed by atoms with E-state index in [2.05, 4.69) is 10.3 Å². The van der Waals surface area contributed by atoms with Crippen molar-refractivity contribution < 1.29 is 17.9 Å². The Balaban J connectivity index is 1.53. The molecule has 27 heavy (non-hydrogen) atoms. The van der Waals surface area contributed by atoms with Crippen molar-refractivity contribution in [2.24, 2.45) is 0 Å². The number of fused-ring (bicyclic) bond motifs is 1. The number of sulfone groups is 1. The van der Waals surface area contributed by atoms with Gasteiger partial charge in [-0.2, -0.15) is 0 Å². The van der Waals surface area contributed by atoms with E-state index < -0.39 is 9.84 Å². The molecule has 1 aliphatic rings. The van der Waals surface area contributed by atoms with E-state index in [1.807, 2.05) is 24.3 Å². The number of ether oxygens (including phenoxy) is 1. The molecule has 2 aromatic carbocycles. The third-order valence-corrected chi connectivity index (χ3v) is 7.06. The van der Waals surface area contributed by atoms with E-state index in [9.17, 15) is 13.2 Å². The lowest BCUT2D eigenvalue weighted by Gasteiger charge is -2.06. The van der Waals surface area contributed by atoms with E-state index in [1.54, 1.807) is 24.6 Å². The lowest BCUT2D eigenvalue weighted by atomic mass is 10.1. The zero-order chi connectivity index (χ0) is 19.0. The van der Waals surface area contributed by atoms with Crippen LogP contribution in [0.4, 0.5) is 5.69 Å². The van der Waals surface area contributed by atoms with Gasteiger partial charge in [0.2, 0.25) is 0 Å². The first-order valence-electron chi connectivity index (χ1n) is 8.23. The molecule has 0 fully saturated rings. The number of aryl methyl sites for hydroxylation is 1. The molecule has 8 heteroatoms. The minimum atomic E-state index is -3.24. The van der Waals surface area contributed by atoms with E-state index in [0.29, 0.717) is 17.0 Å². The van der Waals surface area contributed by atoms with Crippen LogP contribution in [0.3, 0.4) is 0 Å². The van der Waals surface area contributed by atoms with Crippen LogP contribution < -0.4 is 10.1 Å². The second kappa shape index (κ2) is 6.79. The van der Waals surface area contributed by atoms with Crippen LogP contribution in [-0.2, 0) is 16.3 Å². The Bertz CT molecular complexity index is 1120. The Morgan fingerprint density at radius 1 is 1.19 bits per heavy atom. The van der Waals surface area contributed by atoms with Gasteiger partial charge in [-0.15, -0.1) is 11.3 Å². The molecule has 0 aliphatic carbocycles. The fourth-order valence-corrected chi connectivity index (χ4v) is 5.31. The summed E-state index contributed by atoms with van der Waals surface area (Å²) in [5.41, 5.74) is 2.42. The summed E-state index contributed by atoms with van der Waals surface area (Å²) < 4.78 is 29.2. The summed E-state index contributed by atoms with van der Waals surface area (Å²) in [5, 5.41) is 5.13. The first kappa shape index (κ1) is 17.7. The lowest BCUT2D eigenvalue weighted by molar-refractivity contribution is 0.102. The van der Waals surface area contributed by atoms with Crippen LogP contribution in [0, 0.1) is 0 Å². The molecule has 1 aromatic heterocycles. The summed E-state index contributed by atoms with van der Waals surface area (Å²) >= 11 is 1.37. The van der Waals surface area contributed by atoms with Gasteiger partial charge in [-0.3, -0.25) is 4.79 Å². The number of hydrogen-bond acceptors (Lipinski definition) is 6. The van der Waals surface area contributed by atoms with E-state index in [1.165, 1.54) is 17.4 Å². The van der Waals surface area contributed by atoms with Crippen LogP contribution in [0.2, 0.25) is 0 Å². The van der Waals surface area contributed by atoms with E-state index in [4.69, 9.17) is 4.74 Å². The summed E-state index contributed by atoms with van der Waals surface area (Å²) in [5.74, 6) is 0.498. The minimum Gasteiger partial charge on any atom is -0.497 e. The molecule has 0 atom stereocenters. The minimum absolute atomic E-state index is 0.122. The molecule has 138 valence electrons. The first-order chi connectivity index (χ1) is 13.0. The van der Waals surface area contributed by atoms with Gasteiger partial charge in [0.1, 0.15) is 16.5 Å². The number of methoxy groups -OCH3 is 1. The topological polar surface area (TPSA) is 85.4 Å². The Morgan fingerprint density at radius 2 is 1.96 bits per heavy atom. The van der Waals surface area contributed by atoms with Crippen LogP contribution in [0.15, 0.2) is 52.7 Å². The average molecular weight is 400 g/mol. The normalized spacial score (nSPS) is 14.6. The number of nitrogens with zero attached hydrogens (tertiary/aromatic N) is 1. The van der Waals surface area contributed by atoms with Crippen LogP contribution in [0.1, 0.15) is 16.1 Å². The molecule has 1 amide bonds. The molecule has 6 nitrogen and oxygen atoms in total. The Labute approximate surface area is 160 Å². The zero-order valence-corrected chi connectivity index (χ0v) is 16.1. The molecule has 2 heterocycles. The molecule has 1 aliphatic heterocycles. The number of benzene rings is 2. The second-order valence-corrected chi connectivity index (χ2v) is 9.05.